The quantitative estimate of drug-likeness (QED) is 0.604. The van der Waals surface area contributed by atoms with Gasteiger partial charge in [0.2, 0.25) is 0 Å². The van der Waals surface area contributed by atoms with Crippen molar-refractivity contribution >= 4 is 5.82 Å². The molecule has 2 unspecified atom stereocenters. The second kappa shape index (κ2) is 8.41. The van der Waals surface area contributed by atoms with Gasteiger partial charge in [-0.05, 0) is 38.5 Å². The third kappa shape index (κ3) is 3.89. The zero-order chi connectivity index (χ0) is 23.1. The van der Waals surface area contributed by atoms with E-state index in [1.807, 2.05) is 19.9 Å². The van der Waals surface area contributed by atoms with Crippen LogP contribution < -0.4 is 10.5 Å². The third-order valence-corrected chi connectivity index (χ3v) is 6.19. The Morgan fingerprint density at radius 3 is 2.82 bits per heavy atom. The molecular formula is C23H24FN7O2. The van der Waals surface area contributed by atoms with Crippen molar-refractivity contribution in [3.8, 4) is 11.9 Å². The van der Waals surface area contributed by atoms with Crippen LogP contribution in [-0.4, -0.2) is 50.4 Å². The van der Waals surface area contributed by atoms with Crippen LogP contribution in [0.3, 0.4) is 0 Å². The van der Waals surface area contributed by atoms with Crippen LogP contribution in [0, 0.1) is 25.2 Å². The van der Waals surface area contributed by atoms with Crippen molar-refractivity contribution < 1.29 is 9.13 Å². The summed E-state index contributed by atoms with van der Waals surface area (Å²) in [4.78, 5) is 19.1. The van der Waals surface area contributed by atoms with E-state index >= 15 is 4.39 Å². The summed E-state index contributed by atoms with van der Waals surface area (Å²) >= 11 is 0. The summed E-state index contributed by atoms with van der Waals surface area (Å²) in [5.74, 6) is 0.969. The van der Waals surface area contributed by atoms with E-state index in [-0.39, 0.29) is 12.1 Å². The molecule has 0 aromatic carbocycles. The van der Waals surface area contributed by atoms with Crippen molar-refractivity contribution in [1.82, 2.24) is 24.5 Å². The molecule has 170 valence electrons. The molecule has 1 saturated heterocycles. The standard InChI is InChI=1S/C23H24FN7O2/c1-14-9-15(2)30(27-14)21-3-4-22(32)31(28-21)20-5-7-29(12-18(20)24)23-16(11-25)10-17-13-33-8-6-19(17)26-23/h3-4,9-10,18,20H,5-8,12-13H2,1-2H3. The number of rotatable bonds is 3. The monoisotopic (exact) mass is 449 g/mol. The summed E-state index contributed by atoms with van der Waals surface area (Å²) in [6.07, 6.45) is -0.323. The number of pyridine rings is 1. The first-order chi connectivity index (χ1) is 15.9. The molecule has 5 rings (SSSR count). The second-order valence-corrected chi connectivity index (χ2v) is 8.51. The smallest absolute Gasteiger partial charge is 0.267 e. The van der Waals surface area contributed by atoms with E-state index in [9.17, 15) is 10.1 Å². The molecule has 0 radical (unpaired) electrons. The molecule has 0 spiro atoms. The van der Waals surface area contributed by atoms with Gasteiger partial charge >= 0.3 is 0 Å². The van der Waals surface area contributed by atoms with Gasteiger partial charge in [0.25, 0.3) is 5.56 Å². The van der Waals surface area contributed by atoms with Gasteiger partial charge in [0, 0.05) is 30.3 Å². The van der Waals surface area contributed by atoms with Crippen LogP contribution in [0.4, 0.5) is 10.2 Å². The van der Waals surface area contributed by atoms with E-state index < -0.39 is 12.2 Å². The maximum Gasteiger partial charge on any atom is 0.267 e. The van der Waals surface area contributed by atoms with Gasteiger partial charge in [-0.2, -0.15) is 10.4 Å². The highest BCUT2D eigenvalue weighted by Crippen LogP contribution is 2.30. The van der Waals surface area contributed by atoms with E-state index in [0.29, 0.717) is 49.8 Å². The Bertz CT molecular complexity index is 1310. The van der Waals surface area contributed by atoms with Gasteiger partial charge in [-0.25, -0.2) is 18.7 Å². The molecule has 5 heterocycles. The van der Waals surface area contributed by atoms with Crippen LogP contribution in [-0.2, 0) is 17.8 Å². The van der Waals surface area contributed by atoms with Crippen molar-refractivity contribution in [3.63, 3.8) is 0 Å². The Kier molecular flexibility index (Phi) is 5.42. The minimum atomic E-state index is -1.35. The minimum Gasteiger partial charge on any atom is -0.376 e. The predicted octanol–water partition coefficient (Wildman–Crippen LogP) is 2.17. The summed E-state index contributed by atoms with van der Waals surface area (Å²) in [7, 11) is 0. The lowest BCUT2D eigenvalue weighted by atomic mass is 10.0. The first-order valence-electron chi connectivity index (χ1n) is 11.0. The maximum absolute atomic E-state index is 15.4. The van der Waals surface area contributed by atoms with Crippen molar-refractivity contribution in [2.75, 3.05) is 24.6 Å². The molecule has 2 atom stereocenters. The van der Waals surface area contributed by atoms with Crippen LogP contribution in [0.5, 0.6) is 0 Å². The SMILES string of the molecule is Cc1cc(C)n(-c2ccc(=O)n(C3CCN(c4nc5c(cc4C#N)COCC5)CC3F)n2)n1. The van der Waals surface area contributed by atoms with Gasteiger partial charge in [-0.15, -0.1) is 5.10 Å². The fourth-order valence-corrected chi connectivity index (χ4v) is 4.58. The molecule has 2 aliphatic heterocycles. The molecule has 10 heteroatoms. The highest BCUT2D eigenvalue weighted by Gasteiger charge is 2.34. The first kappa shape index (κ1) is 21.3. The Hall–Kier alpha value is -3.58. The number of hydrogen-bond donors (Lipinski definition) is 0. The second-order valence-electron chi connectivity index (χ2n) is 8.51. The normalized spacial score (nSPS) is 20.4. The predicted molar refractivity (Wildman–Crippen MR) is 118 cm³/mol. The number of aromatic nitrogens is 5. The molecule has 2 aliphatic rings. The van der Waals surface area contributed by atoms with E-state index in [1.165, 1.54) is 10.7 Å². The number of aryl methyl sites for hydroxylation is 2. The fraction of sp³-hybridized carbons (Fsp3) is 0.435. The molecule has 0 amide bonds. The Morgan fingerprint density at radius 2 is 2.09 bits per heavy atom. The molecule has 9 nitrogen and oxygen atoms in total. The van der Waals surface area contributed by atoms with Crippen LogP contribution in [0.1, 0.15) is 40.7 Å². The maximum atomic E-state index is 15.4. The molecule has 3 aromatic rings. The largest absolute Gasteiger partial charge is 0.376 e. The highest BCUT2D eigenvalue weighted by atomic mass is 19.1. The number of nitrogens with zero attached hydrogens (tertiary/aromatic N) is 7. The number of hydrogen-bond acceptors (Lipinski definition) is 7. The summed E-state index contributed by atoms with van der Waals surface area (Å²) in [5, 5.41) is 18.5. The zero-order valence-electron chi connectivity index (χ0n) is 18.5. The number of alkyl halides is 1. The summed E-state index contributed by atoms with van der Waals surface area (Å²) in [6.45, 7) is 5.28. The van der Waals surface area contributed by atoms with E-state index in [4.69, 9.17) is 4.74 Å². The minimum absolute atomic E-state index is 0.0277. The van der Waals surface area contributed by atoms with Crippen molar-refractivity contribution in [2.24, 2.45) is 0 Å². The highest BCUT2D eigenvalue weighted by molar-refractivity contribution is 5.56. The summed E-state index contributed by atoms with van der Waals surface area (Å²) < 4.78 is 23.8. The van der Waals surface area contributed by atoms with Gasteiger partial charge in [-0.1, -0.05) is 0 Å². The number of fused-ring (bicyclic) bond motifs is 1. The molecular weight excluding hydrogens is 425 g/mol. The fourth-order valence-electron chi connectivity index (χ4n) is 4.58. The van der Waals surface area contributed by atoms with Crippen molar-refractivity contribution in [3.05, 3.63) is 62.8 Å². The van der Waals surface area contributed by atoms with Crippen molar-refractivity contribution in [2.45, 2.75) is 45.5 Å². The van der Waals surface area contributed by atoms with Crippen LogP contribution in [0.25, 0.3) is 5.82 Å². The Balaban J connectivity index is 1.42. The van der Waals surface area contributed by atoms with Gasteiger partial charge in [0.1, 0.15) is 18.1 Å². The topological polar surface area (TPSA) is 102 Å². The number of nitriles is 1. The average molecular weight is 449 g/mol. The molecule has 1 fully saturated rings. The van der Waals surface area contributed by atoms with E-state index in [2.05, 4.69) is 21.3 Å². The Morgan fingerprint density at radius 1 is 1.24 bits per heavy atom. The lowest BCUT2D eigenvalue weighted by Crippen LogP contribution is -2.46. The van der Waals surface area contributed by atoms with E-state index in [1.54, 1.807) is 21.7 Å². The van der Waals surface area contributed by atoms with Gasteiger partial charge in [-0.3, -0.25) is 4.79 Å². The molecule has 33 heavy (non-hydrogen) atoms. The van der Waals surface area contributed by atoms with Gasteiger partial charge < -0.3 is 9.64 Å². The summed E-state index contributed by atoms with van der Waals surface area (Å²) in [5.41, 5.74) is 3.57. The van der Waals surface area contributed by atoms with Gasteiger partial charge in [0.15, 0.2) is 5.82 Å². The van der Waals surface area contributed by atoms with Gasteiger partial charge in [0.05, 0.1) is 42.8 Å². The molecule has 0 bridgehead atoms. The van der Waals surface area contributed by atoms with E-state index in [0.717, 1.165) is 22.6 Å². The van der Waals surface area contributed by atoms with Crippen LogP contribution in [0.2, 0.25) is 0 Å². The van der Waals surface area contributed by atoms with Crippen LogP contribution >= 0.6 is 0 Å². The lowest BCUT2D eigenvalue weighted by Gasteiger charge is -2.36. The molecule has 0 aliphatic carbocycles. The lowest BCUT2D eigenvalue weighted by molar-refractivity contribution is 0.109. The third-order valence-electron chi connectivity index (χ3n) is 6.19. The number of halogens is 1. The zero-order valence-corrected chi connectivity index (χ0v) is 18.5. The Labute approximate surface area is 190 Å². The first-order valence-corrected chi connectivity index (χ1v) is 11.0. The molecule has 0 saturated carbocycles. The number of ether oxygens (including phenoxy) is 1. The number of piperidine rings is 1. The number of anilines is 1. The summed E-state index contributed by atoms with van der Waals surface area (Å²) in [6, 6.07) is 8.18. The molecule has 3 aromatic heterocycles. The average Bonchev–Trinajstić information content (AvgIpc) is 3.16. The van der Waals surface area contributed by atoms with Crippen molar-refractivity contribution in [1.29, 1.82) is 5.26 Å². The molecule has 0 N–H and O–H groups in total. The van der Waals surface area contributed by atoms with Crippen LogP contribution in [0.15, 0.2) is 29.1 Å².